The second kappa shape index (κ2) is 9.95. The lowest BCUT2D eigenvalue weighted by atomic mass is 10.1. The highest BCUT2D eigenvalue weighted by molar-refractivity contribution is 7.98. The van der Waals surface area contributed by atoms with E-state index < -0.39 is 27.7 Å². The number of carbonyl (C=O) groups excluding carboxylic acids is 2. The van der Waals surface area contributed by atoms with Crippen molar-refractivity contribution in [1.82, 2.24) is 5.32 Å². The van der Waals surface area contributed by atoms with E-state index in [1.54, 1.807) is 42.1 Å². The van der Waals surface area contributed by atoms with Gasteiger partial charge in [0.2, 0.25) is 5.91 Å². The van der Waals surface area contributed by atoms with Gasteiger partial charge in [0.05, 0.1) is 16.3 Å². The molecule has 2 amide bonds. The summed E-state index contributed by atoms with van der Waals surface area (Å²) < 4.78 is 23.1. The molecule has 28 heavy (non-hydrogen) atoms. The first kappa shape index (κ1) is 22.3. The van der Waals surface area contributed by atoms with Crippen LogP contribution in [0.25, 0.3) is 0 Å². The average Bonchev–Trinajstić information content (AvgIpc) is 2.65. The molecule has 0 aliphatic rings. The molecule has 150 valence electrons. The molecule has 0 bridgehead atoms. The van der Waals surface area contributed by atoms with E-state index in [4.69, 9.17) is 11.6 Å². The second-order valence-electron chi connectivity index (χ2n) is 6.14. The van der Waals surface area contributed by atoms with Gasteiger partial charge < -0.3 is 10.6 Å². The van der Waals surface area contributed by atoms with Gasteiger partial charge in [-0.2, -0.15) is 0 Å². The van der Waals surface area contributed by atoms with Gasteiger partial charge in [-0.15, -0.1) is 11.8 Å². The highest BCUT2D eigenvalue weighted by atomic mass is 35.5. The molecule has 0 unspecified atom stereocenters. The first-order valence-corrected chi connectivity index (χ1v) is 12.0. The van der Waals surface area contributed by atoms with Crippen LogP contribution in [0.2, 0.25) is 5.02 Å². The predicted octanol–water partition coefficient (Wildman–Crippen LogP) is 3.23. The van der Waals surface area contributed by atoms with Crippen molar-refractivity contribution in [2.45, 2.75) is 17.4 Å². The van der Waals surface area contributed by atoms with E-state index >= 15 is 0 Å². The van der Waals surface area contributed by atoms with Gasteiger partial charge in [0.15, 0.2) is 0 Å². The molecule has 0 fully saturated rings. The smallest absolute Gasteiger partial charge is 0.253 e. The summed E-state index contributed by atoms with van der Waals surface area (Å²) in [5.74, 6) is -1.28. The minimum absolute atomic E-state index is 0.0518. The fourth-order valence-electron chi connectivity index (χ4n) is 2.39. The van der Waals surface area contributed by atoms with E-state index in [1.807, 2.05) is 18.4 Å². The third-order valence-corrected chi connectivity index (χ3v) is 5.93. The maximum absolute atomic E-state index is 12.7. The Balaban J connectivity index is 2.16. The summed E-state index contributed by atoms with van der Waals surface area (Å²) in [7, 11) is -3.30. The van der Waals surface area contributed by atoms with Gasteiger partial charge in [-0.1, -0.05) is 23.7 Å². The third-order valence-electron chi connectivity index (χ3n) is 3.88. The van der Waals surface area contributed by atoms with Crippen molar-refractivity contribution < 1.29 is 18.0 Å². The summed E-state index contributed by atoms with van der Waals surface area (Å²) in [5, 5.41) is 5.54. The Bertz CT molecular complexity index is 947. The number of nitrogens with one attached hydrogen (secondary N) is 2. The van der Waals surface area contributed by atoms with Crippen LogP contribution in [0.5, 0.6) is 0 Å². The van der Waals surface area contributed by atoms with Gasteiger partial charge in [-0.05, 0) is 49.1 Å². The van der Waals surface area contributed by atoms with Gasteiger partial charge in [0.1, 0.15) is 15.9 Å². The number of hydrogen-bond donors (Lipinski definition) is 2. The molecular weight excluding hydrogens is 420 g/mol. The van der Waals surface area contributed by atoms with Gasteiger partial charge >= 0.3 is 0 Å². The Morgan fingerprint density at radius 3 is 2.32 bits per heavy atom. The maximum Gasteiger partial charge on any atom is 0.253 e. The van der Waals surface area contributed by atoms with Crippen LogP contribution in [0, 0.1) is 0 Å². The molecule has 0 aromatic heterocycles. The Hall–Kier alpha value is -2.03. The molecule has 0 spiro atoms. The van der Waals surface area contributed by atoms with Crippen LogP contribution in [0.3, 0.4) is 0 Å². The van der Waals surface area contributed by atoms with Crippen molar-refractivity contribution >= 4 is 50.7 Å². The fraction of sp³-hybridized carbons (Fsp3) is 0.263. The topological polar surface area (TPSA) is 92.3 Å². The zero-order valence-electron chi connectivity index (χ0n) is 15.4. The Labute approximate surface area is 174 Å². The van der Waals surface area contributed by atoms with E-state index in [2.05, 4.69) is 10.6 Å². The van der Waals surface area contributed by atoms with Crippen molar-refractivity contribution in [2.24, 2.45) is 0 Å². The van der Waals surface area contributed by atoms with Gasteiger partial charge in [-0.3, -0.25) is 9.59 Å². The van der Waals surface area contributed by atoms with Gasteiger partial charge in [0.25, 0.3) is 5.91 Å². The molecule has 0 aliphatic carbocycles. The molecule has 0 saturated carbocycles. The lowest BCUT2D eigenvalue weighted by Gasteiger charge is -2.19. The van der Waals surface area contributed by atoms with E-state index in [-0.39, 0.29) is 22.8 Å². The number of anilines is 1. The van der Waals surface area contributed by atoms with Crippen LogP contribution in [0.1, 0.15) is 16.8 Å². The molecule has 1 atom stereocenters. The molecule has 6 nitrogen and oxygen atoms in total. The van der Waals surface area contributed by atoms with Crippen molar-refractivity contribution in [1.29, 1.82) is 0 Å². The van der Waals surface area contributed by atoms with Gasteiger partial charge in [-0.25, -0.2) is 8.42 Å². The normalized spacial score (nSPS) is 12.2. The van der Waals surface area contributed by atoms with Crippen LogP contribution in [-0.2, 0) is 14.6 Å². The maximum atomic E-state index is 12.7. The number of rotatable bonds is 8. The molecule has 2 rings (SSSR count). The third kappa shape index (κ3) is 6.85. The lowest BCUT2D eigenvalue weighted by molar-refractivity contribution is -0.118. The predicted molar refractivity (Wildman–Crippen MR) is 114 cm³/mol. The molecule has 0 aliphatic heterocycles. The lowest BCUT2D eigenvalue weighted by Crippen LogP contribution is -2.44. The highest BCUT2D eigenvalue weighted by Gasteiger charge is 2.24. The van der Waals surface area contributed by atoms with E-state index in [1.165, 1.54) is 6.07 Å². The number of halogens is 1. The zero-order valence-corrected chi connectivity index (χ0v) is 17.8. The summed E-state index contributed by atoms with van der Waals surface area (Å²) in [6.07, 6.45) is 2.97. The van der Waals surface area contributed by atoms with Crippen molar-refractivity contribution in [2.75, 3.05) is 23.6 Å². The first-order valence-electron chi connectivity index (χ1n) is 8.37. The number of sulfone groups is 1. The van der Waals surface area contributed by atoms with E-state index in [0.29, 0.717) is 5.69 Å². The Morgan fingerprint density at radius 1 is 1.11 bits per heavy atom. The molecule has 2 N–H and O–H groups in total. The molecule has 2 aromatic carbocycles. The van der Waals surface area contributed by atoms with Gasteiger partial charge in [0, 0.05) is 16.8 Å². The van der Waals surface area contributed by atoms with Crippen molar-refractivity contribution in [3.05, 3.63) is 59.1 Å². The van der Waals surface area contributed by atoms with Crippen LogP contribution in [0.15, 0.2) is 53.4 Å². The minimum atomic E-state index is -3.30. The summed E-state index contributed by atoms with van der Waals surface area (Å²) >= 11 is 7.60. The first-order chi connectivity index (χ1) is 13.2. The monoisotopic (exact) mass is 440 g/mol. The molecular formula is C19H21ClN2O4S2. The van der Waals surface area contributed by atoms with Crippen LogP contribution in [-0.4, -0.2) is 44.5 Å². The number of thioether (sulfide) groups is 1. The Morgan fingerprint density at radius 2 is 1.75 bits per heavy atom. The number of hydrogen-bond acceptors (Lipinski definition) is 5. The van der Waals surface area contributed by atoms with Crippen LogP contribution < -0.4 is 10.6 Å². The fourth-order valence-corrected chi connectivity index (χ4v) is 3.68. The minimum Gasteiger partial charge on any atom is -0.340 e. The zero-order chi connectivity index (χ0) is 20.7. The molecule has 0 saturated heterocycles. The summed E-state index contributed by atoms with van der Waals surface area (Å²) in [4.78, 5) is 26.2. The number of benzene rings is 2. The number of carbonyl (C=O) groups is 2. The molecule has 0 radical (unpaired) electrons. The van der Waals surface area contributed by atoms with Crippen molar-refractivity contribution in [3.63, 3.8) is 0 Å². The quantitative estimate of drug-likeness (QED) is 0.615. The molecule has 0 heterocycles. The second-order valence-corrected chi connectivity index (χ2v) is 9.69. The molecule has 2 aromatic rings. The highest BCUT2D eigenvalue weighted by Crippen LogP contribution is 2.18. The SMILES string of the molecule is CSc1ccc(NC(=O)[C@@H](CCS(C)(=O)=O)NC(=O)c2ccccc2Cl)cc1. The molecule has 9 heteroatoms. The summed E-state index contributed by atoms with van der Waals surface area (Å²) in [5.41, 5.74) is 0.768. The van der Waals surface area contributed by atoms with Crippen molar-refractivity contribution in [3.8, 4) is 0 Å². The standard InChI is InChI=1S/C19H21ClN2O4S2/c1-27-14-9-7-13(8-10-14)21-19(24)17(11-12-28(2,25)26)22-18(23)15-5-3-4-6-16(15)20/h3-10,17H,11-12H2,1-2H3,(H,21,24)(H,22,23)/t17-/m1/s1. The largest absolute Gasteiger partial charge is 0.340 e. The number of amides is 2. The summed E-state index contributed by atoms with van der Waals surface area (Å²) in [6, 6.07) is 12.6. The van der Waals surface area contributed by atoms with Crippen LogP contribution in [0.4, 0.5) is 5.69 Å². The van der Waals surface area contributed by atoms with E-state index in [0.717, 1.165) is 11.2 Å². The summed E-state index contributed by atoms with van der Waals surface area (Å²) in [6.45, 7) is 0. The average molecular weight is 441 g/mol. The Kier molecular flexibility index (Phi) is 7.91. The van der Waals surface area contributed by atoms with E-state index in [9.17, 15) is 18.0 Å². The van der Waals surface area contributed by atoms with Crippen LogP contribution >= 0.6 is 23.4 Å².